The van der Waals surface area contributed by atoms with E-state index in [1.165, 1.54) is 7.11 Å². The molecule has 5 aromatic rings. The van der Waals surface area contributed by atoms with E-state index in [-0.39, 0.29) is 12.3 Å². The summed E-state index contributed by atoms with van der Waals surface area (Å²) in [5.74, 6) is -0.543. The third-order valence-corrected chi connectivity index (χ3v) is 5.41. The summed E-state index contributed by atoms with van der Waals surface area (Å²) in [6.07, 6.45) is 0.265. The molecule has 2 aromatic heterocycles. The SMILES string of the molecule is COC(=O)c1ccc(NC(=O)CCn2c3ccccc3c3nc4ccccc4nc32)cc1. The number of hydrogen-bond acceptors (Lipinski definition) is 5. The monoisotopic (exact) mass is 424 g/mol. The van der Waals surface area contributed by atoms with Crippen molar-refractivity contribution in [2.24, 2.45) is 0 Å². The number of amides is 1. The van der Waals surface area contributed by atoms with E-state index >= 15 is 0 Å². The van der Waals surface area contributed by atoms with Crippen molar-refractivity contribution in [3.8, 4) is 0 Å². The average Bonchev–Trinajstić information content (AvgIpc) is 3.14. The van der Waals surface area contributed by atoms with Gasteiger partial charge in [0.05, 0.1) is 29.2 Å². The van der Waals surface area contributed by atoms with E-state index in [2.05, 4.69) is 5.32 Å². The molecule has 0 bridgehead atoms. The number of methoxy groups -OCH3 is 1. The van der Waals surface area contributed by atoms with Crippen molar-refractivity contribution in [2.75, 3.05) is 12.4 Å². The number of aryl methyl sites for hydroxylation is 1. The van der Waals surface area contributed by atoms with Crippen molar-refractivity contribution < 1.29 is 14.3 Å². The maximum Gasteiger partial charge on any atom is 0.337 e. The van der Waals surface area contributed by atoms with Gasteiger partial charge in [-0.1, -0.05) is 30.3 Å². The molecule has 0 unspecified atom stereocenters. The molecule has 158 valence electrons. The van der Waals surface area contributed by atoms with E-state index in [1.807, 2.05) is 53.1 Å². The molecule has 0 aliphatic heterocycles. The van der Waals surface area contributed by atoms with E-state index in [9.17, 15) is 9.59 Å². The number of carbonyl (C=O) groups is 2. The topological polar surface area (TPSA) is 86.1 Å². The van der Waals surface area contributed by atoms with E-state index in [1.54, 1.807) is 24.3 Å². The molecule has 0 radical (unpaired) electrons. The minimum atomic E-state index is -0.414. The highest BCUT2D eigenvalue weighted by Crippen LogP contribution is 2.28. The summed E-state index contributed by atoms with van der Waals surface area (Å²) in [6.45, 7) is 0.461. The van der Waals surface area contributed by atoms with Crippen LogP contribution in [0.15, 0.2) is 72.8 Å². The summed E-state index contributed by atoms with van der Waals surface area (Å²) in [5.41, 5.74) is 5.30. The zero-order chi connectivity index (χ0) is 22.1. The Balaban J connectivity index is 1.41. The largest absolute Gasteiger partial charge is 0.465 e. The average molecular weight is 424 g/mol. The van der Waals surface area contributed by atoms with E-state index < -0.39 is 5.97 Å². The van der Waals surface area contributed by atoms with Crippen molar-refractivity contribution >= 4 is 50.7 Å². The molecule has 0 aliphatic carbocycles. The van der Waals surface area contributed by atoms with Crippen LogP contribution in [-0.4, -0.2) is 33.5 Å². The standard InChI is InChI=1S/C25H20N4O3/c1-32-25(31)16-10-12-17(13-11-16)26-22(30)14-15-29-21-9-5-2-6-18(21)23-24(29)28-20-8-4-3-7-19(20)27-23/h2-13H,14-15H2,1H3,(H,26,30). The Bertz CT molecular complexity index is 1470. The van der Waals surface area contributed by atoms with Crippen LogP contribution in [0, 0.1) is 0 Å². The minimum absolute atomic E-state index is 0.129. The van der Waals surface area contributed by atoms with Crippen LogP contribution in [-0.2, 0) is 16.1 Å². The lowest BCUT2D eigenvalue weighted by molar-refractivity contribution is -0.116. The Kier molecular flexibility index (Phi) is 4.99. The maximum atomic E-state index is 12.6. The number of nitrogens with zero attached hydrogens (tertiary/aromatic N) is 3. The number of anilines is 1. The first-order chi connectivity index (χ1) is 15.6. The van der Waals surface area contributed by atoms with Crippen LogP contribution in [0.1, 0.15) is 16.8 Å². The summed E-state index contributed by atoms with van der Waals surface area (Å²) < 4.78 is 6.74. The Morgan fingerprint density at radius 3 is 2.34 bits per heavy atom. The number of rotatable bonds is 5. The molecule has 7 heteroatoms. The van der Waals surface area contributed by atoms with Crippen LogP contribution in [0.4, 0.5) is 5.69 Å². The second-order valence-electron chi connectivity index (χ2n) is 7.42. The molecular formula is C25H20N4O3. The number of carbonyl (C=O) groups excluding carboxylic acids is 2. The second kappa shape index (κ2) is 8.11. The zero-order valence-electron chi connectivity index (χ0n) is 17.4. The van der Waals surface area contributed by atoms with Gasteiger partial charge in [0.1, 0.15) is 5.52 Å². The van der Waals surface area contributed by atoms with Gasteiger partial charge in [-0.05, 0) is 42.5 Å². The van der Waals surface area contributed by atoms with Gasteiger partial charge in [-0.3, -0.25) is 4.79 Å². The van der Waals surface area contributed by atoms with Gasteiger partial charge in [0.25, 0.3) is 0 Å². The number of ether oxygens (including phenoxy) is 1. The predicted molar refractivity (Wildman–Crippen MR) is 124 cm³/mol. The van der Waals surface area contributed by atoms with Gasteiger partial charge in [-0.2, -0.15) is 0 Å². The second-order valence-corrected chi connectivity index (χ2v) is 7.42. The predicted octanol–water partition coefficient (Wildman–Crippen LogP) is 4.55. The van der Waals surface area contributed by atoms with Crippen molar-refractivity contribution in [3.05, 3.63) is 78.4 Å². The number of fused-ring (bicyclic) bond motifs is 4. The molecule has 0 aliphatic rings. The molecule has 0 saturated carbocycles. The highest BCUT2D eigenvalue weighted by molar-refractivity contribution is 6.06. The molecule has 0 saturated heterocycles. The van der Waals surface area contributed by atoms with E-state index in [0.29, 0.717) is 17.8 Å². The number of nitrogens with one attached hydrogen (secondary N) is 1. The quantitative estimate of drug-likeness (QED) is 0.418. The molecule has 32 heavy (non-hydrogen) atoms. The number of esters is 1. The van der Waals surface area contributed by atoms with Crippen LogP contribution in [0.3, 0.4) is 0 Å². The Labute approximate surface area is 183 Å². The molecule has 0 fully saturated rings. The van der Waals surface area contributed by atoms with Gasteiger partial charge in [0, 0.05) is 24.0 Å². The lowest BCUT2D eigenvalue weighted by Crippen LogP contribution is -2.15. The van der Waals surface area contributed by atoms with Crippen LogP contribution in [0.5, 0.6) is 0 Å². The third kappa shape index (κ3) is 3.54. The fourth-order valence-electron chi connectivity index (χ4n) is 3.85. The normalized spacial score (nSPS) is 11.2. The summed E-state index contributed by atoms with van der Waals surface area (Å²) in [5, 5.41) is 3.89. The molecule has 3 aromatic carbocycles. The Morgan fingerprint density at radius 1 is 0.906 bits per heavy atom. The van der Waals surface area contributed by atoms with Gasteiger partial charge in [0.15, 0.2) is 5.65 Å². The van der Waals surface area contributed by atoms with Crippen molar-refractivity contribution in [2.45, 2.75) is 13.0 Å². The highest BCUT2D eigenvalue weighted by atomic mass is 16.5. The van der Waals surface area contributed by atoms with Crippen molar-refractivity contribution in [1.29, 1.82) is 0 Å². The van der Waals surface area contributed by atoms with E-state index in [4.69, 9.17) is 14.7 Å². The van der Waals surface area contributed by atoms with Gasteiger partial charge in [0.2, 0.25) is 5.91 Å². The van der Waals surface area contributed by atoms with Crippen LogP contribution in [0.25, 0.3) is 33.1 Å². The number of benzene rings is 3. The Morgan fingerprint density at radius 2 is 1.59 bits per heavy atom. The molecule has 7 nitrogen and oxygen atoms in total. The summed E-state index contributed by atoms with van der Waals surface area (Å²) in [7, 11) is 1.33. The minimum Gasteiger partial charge on any atom is -0.465 e. The lowest BCUT2D eigenvalue weighted by atomic mass is 10.2. The lowest BCUT2D eigenvalue weighted by Gasteiger charge is -2.09. The number of aromatic nitrogens is 3. The van der Waals surface area contributed by atoms with Gasteiger partial charge < -0.3 is 14.6 Å². The number of hydrogen-bond donors (Lipinski definition) is 1. The van der Waals surface area contributed by atoms with Gasteiger partial charge >= 0.3 is 5.97 Å². The summed E-state index contributed by atoms with van der Waals surface area (Å²) >= 11 is 0. The molecule has 0 atom stereocenters. The van der Waals surface area contributed by atoms with Crippen LogP contribution >= 0.6 is 0 Å². The fraction of sp³-hybridized carbons (Fsp3) is 0.120. The first-order valence-electron chi connectivity index (χ1n) is 10.3. The zero-order valence-corrected chi connectivity index (χ0v) is 17.4. The summed E-state index contributed by atoms with van der Waals surface area (Å²) in [4.78, 5) is 33.8. The molecular weight excluding hydrogens is 404 g/mol. The molecule has 1 N–H and O–H groups in total. The van der Waals surface area contributed by atoms with Crippen molar-refractivity contribution in [3.63, 3.8) is 0 Å². The first kappa shape index (κ1) is 19.7. The molecule has 0 spiro atoms. The van der Waals surface area contributed by atoms with Crippen LogP contribution < -0.4 is 5.32 Å². The first-order valence-corrected chi connectivity index (χ1v) is 10.3. The van der Waals surface area contributed by atoms with Crippen molar-refractivity contribution in [1.82, 2.24) is 14.5 Å². The van der Waals surface area contributed by atoms with E-state index in [0.717, 1.165) is 33.1 Å². The molecule has 2 heterocycles. The maximum absolute atomic E-state index is 12.6. The highest BCUT2D eigenvalue weighted by Gasteiger charge is 2.15. The smallest absolute Gasteiger partial charge is 0.337 e. The fourth-order valence-corrected chi connectivity index (χ4v) is 3.85. The molecule has 5 rings (SSSR count). The van der Waals surface area contributed by atoms with Gasteiger partial charge in [-0.15, -0.1) is 0 Å². The number of para-hydroxylation sites is 3. The third-order valence-electron chi connectivity index (χ3n) is 5.41. The molecule has 1 amide bonds. The summed E-state index contributed by atoms with van der Waals surface area (Å²) in [6, 6.07) is 22.4. The van der Waals surface area contributed by atoms with Crippen LogP contribution in [0.2, 0.25) is 0 Å². The van der Waals surface area contributed by atoms with Gasteiger partial charge in [-0.25, -0.2) is 14.8 Å². The Hall–Kier alpha value is -4.26.